The van der Waals surface area contributed by atoms with Crippen LogP contribution in [0.4, 0.5) is 0 Å². The van der Waals surface area contributed by atoms with E-state index < -0.39 is 5.97 Å². The normalized spacial score (nSPS) is 13.2. The summed E-state index contributed by atoms with van der Waals surface area (Å²) < 4.78 is 5.75. The predicted molar refractivity (Wildman–Crippen MR) is 84.4 cm³/mol. The van der Waals surface area contributed by atoms with E-state index in [2.05, 4.69) is 32.6 Å². The van der Waals surface area contributed by atoms with Crippen LogP contribution in [0, 0.1) is 23.7 Å². The highest BCUT2D eigenvalue weighted by Crippen LogP contribution is 2.23. The van der Waals surface area contributed by atoms with E-state index in [1.807, 2.05) is 24.3 Å². The second kappa shape index (κ2) is 8.36. The van der Waals surface area contributed by atoms with Crippen LogP contribution in [0.25, 0.3) is 0 Å². The summed E-state index contributed by atoms with van der Waals surface area (Å²) in [5.74, 6) is 6.52. The van der Waals surface area contributed by atoms with Gasteiger partial charge in [0.1, 0.15) is 5.75 Å². The lowest BCUT2D eigenvalue weighted by atomic mass is 9.96. The quantitative estimate of drug-likeness (QED) is 0.773. The molecule has 0 saturated heterocycles. The molecule has 1 aromatic rings. The second-order valence-corrected chi connectivity index (χ2v) is 5.65. The van der Waals surface area contributed by atoms with Gasteiger partial charge in [-0.05, 0) is 36.5 Å². The fourth-order valence-electron chi connectivity index (χ4n) is 1.82. The first-order chi connectivity index (χ1) is 9.93. The third kappa shape index (κ3) is 5.91. The summed E-state index contributed by atoms with van der Waals surface area (Å²) >= 11 is 0. The Morgan fingerprint density at radius 1 is 1.24 bits per heavy atom. The van der Waals surface area contributed by atoms with E-state index in [4.69, 9.17) is 9.84 Å². The molecule has 0 unspecified atom stereocenters. The molecule has 114 valence electrons. The Morgan fingerprint density at radius 3 is 2.33 bits per heavy atom. The number of aliphatic carboxylic acids is 1. The number of hydrogen-bond acceptors (Lipinski definition) is 2. The fourth-order valence-corrected chi connectivity index (χ4v) is 1.82. The number of ether oxygens (including phenoxy) is 1. The Bertz CT molecular complexity index is 506. The van der Waals surface area contributed by atoms with Gasteiger partial charge in [0.05, 0.1) is 18.9 Å². The summed E-state index contributed by atoms with van der Waals surface area (Å²) in [7, 11) is 0. The molecule has 0 saturated carbocycles. The van der Waals surface area contributed by atoms with Gasteiger partial charge in [-0.1, -0.05) is 38.8 Å². The van der Waals surface area contributed by atoms with Crippen molar-refractivity contribution in [1.82, 2.24) is 0 Å². The molecule has 0 aliphatic heterocycles. The van der Waals surface area contributed by atoms with Gasteiger partial charge in [0.25, 0.3) is 0 Å². The average molecular weight is 288 g/mol. The minimum absolute atomic E-state index is 0.0193. The number of carboxylic acids is 1. The molecule has 0 amide bonds. The summed E-state index contributed by atoms with van der Waals surface area (Å²) in [6, 6.07) is 7.56. The highest BCUT2D eigenvalue weighted by atomic mass is 16.5. The highest BCUT2D eigenvalue weighted by Gasteiger charge is 2.13. The lowest BCUT2D eigenvalue weighted by Gasteiger charge is -2.16. The van der Waals surface area contributed by atoms with E-state index in [9.17, 15) is 4.79 Å². The van der Waals surface area contributed by atoms with Crippen LogP contribution in [0.5, 0.6) is 5.75 Å². The van der Waals surface area contributed by atoms with Gasteiger partial charge in [0, 0.05) is 0 Å². The van der Waals surface area contributed by atoms with Crippen LogP contribution < -0.4 is 4.74 Å². The van der Waals surface area contributed by atoms with Crippen LogP contribution in [0.1, 0.15) is 45.6 Å². The summed E-state index contributed by atoms with van der Waals surface area (Å²) in [5, 5.41) is 8.93. The van der Waals surface area contributed by atoms with Crippen LogP contribution in [-0.2, 0) is 4.79 Å². The van der Waals surface area contributed by atoms with Crippen molar-refractivity contribution in [3.63, 3.8) is 0 Å². The van der Waals surface area contributed by atoms with E-state index in [-0.39, 0.29) is 12.3 Å². The van der Waals surface area contributed by atoms with E-state index >= 15 is 0 Å². The molecule has 3 nitrogen and oxygen atoms in total. The monoisotopic (exact) mass is 288 g/mol. The lowest BCUT2D eigenvalue weighted by Crippen LogP contribution is -2.14. The summed E-state index contributed by atoms with van der Waals surface area (Å²) in [6.45, 7) is 8.93. The first-order valence-corrected chi connectivity index (χ1v) is 7.30. The van der Waals surface area contributed by atoms with Crippen LogP contribution in [-0.4, -0.2) is 17.7 Å². The van der Waals surface area contributed by atoms with Gasteiger partial charge in [-0.2, -0.15) is 0 Å². The second-order valence-electron chi connectivity index (χ2n) is 5.65. The molecule has 0 aromatic heterocycles. The molecular weight excluding hydrogens is 264 g/mol. The molecule has 21 heavy (non-hydrogen) atoms. The molecule has 0 heterocycles. The molecule has 0 aliphatic rings. The zero-order valence-electron chi connectivity index (χ0n) is 13.2. The third-order valence-electron chi connectivity index (χ3n) is 3.63. The Kier molecular flexibility index (Phi) is 6.81. The van der Waals surface area contributed by atoms with Crippen molar-refractivity contribution in [2.24, 2.45) is 11.8 Å². The Labute approximate surface area is 127 Å². The van der Waals surface area contributed by atoms with Crippen molar-refractivity contribution in [1.29, 1.82) is 0 Å². The first-order valence-electron chi connectivity index (χ1n) is 7.30. The smallest absolute Gasteiger partial charge is 0.304 e. The number of carbonyl (C=O) groups is 1. The standard InChI is InChI=1S/C18H24O3/c1-5-6-16(11-18(19)20)15-7-9-17(10-8-15)21-12-14(4)13(2)3/h7-10,13-14,16H,11-12H2,1-4H3,(H,19,20)/t14-,16-/m0/s1. The van der Waals surface area contributed by atoms with Crippen molar-refractivity contribution in [2.45, 2.75) is 40.0 Å². The molecule has 1 aromatic carbocycles. The van der Waals surface area contributed by atoms with E-state index in [1.54, 1.807) is 6.92 Å². The maximum absolute atomic E-state index is 10.9. The summed E-state index contributed by atoms with van der Waals surface area (Å²) in [4.78, 5) is 10.9. The first kappa shape index (κ1) is 17.1. The molecule has 0 fully saturated rings. The highest BCUT2D eigenvalue weighted by molar-refractivity contribution is 5.69. The molecule has 0 radical (unpaired) electrons. The number of carboxylic acid groups (broad SMARTS) is 1. The Balaban J connectivity index is 2.71. The molecule has 1 N–H and O–H groups in total. The minimum atomic E-state index is -0.839. The maximum atomic E-state index is 10.9. The zero-order valence-corrected chi connectivity index (χ0v) is 13.2. The zero-order chi connectivity index (χ0) is 15.8. The summed E-state index contributed by atoms with van der Waals surface area (Å²) in [6.07, 6.45) is 0.0193. The molecule has 3 heteroatoms. The lowest BCUT2D eigenvalue weighted by molar-refractivity contribution is -0.137. The van der Waals surface area contributed by atoms with Crippen LogP contribution >= 0.6 is 0 Å². The Hall–Kier alpha value is -1.95. The van der Waals surface area contributed by atoms with Gasteiger partial charge in [-0.25, -0.2) is 0 Å². The van der Waals surface area contributed by atoms with Gasteiger partial charge in [0.15, 0.2) is 0 Å². The van der Waals surface area contributed by atoms with Gasteiger partial charge in [-0.3, -0.25) is 4.79 Å². The molecule has 1 rings (SSSR count). The number of benzene rings is 1. The van der Waals surface area contributed by atoms with Crippen LogP contribution in [0.3, 0.4) is 0 Å². The molecule has 0 spiro atoms. The van der Waals surface area contributed by atoms with Gasteiger partial charge in [-0.15, -0.1) is 5.92 Å². The molecule has 2 atom stereocenters. The van der Waals surface area contributed by atoms with Crippen LogP contribution in [0.15, 0.2) is 24.3 Å². The maximum Gasteiger partial charge on any atom is 0.304 e. The Morgan fingerprint density at radius 2 is 1.86 bits per heavy atom. The van der Waals surface area contributed by atoms with Gasteiger partial charge < -0.3 is 9.84 Å². The summed E-state index contributed by atoms with van der Waals surface area (Å²) in [5.41, 5.74) is 0.913. The van der Waals surface area contributed by atoms with Crippen LogP contribution in [0.2, 0.25) is 0 Å². The number of rotatable bonds is 7. The predicted octanol–water partition coefficient (Wildman–Crippen LogP) is 3.94. The molecule has 0 bridgehead atoms. The largest absolute Gasteiger partial charge is 0.493 e. The van der Waals surface area contributed by atoms with E-state index in [0.29, 0.717) is 18.4 Å². The molecule has 0 aliphatic carbocycles. The molecular formula is C18H24O3. The fraction of sp³-hybridized carbons (Fsp3) is 0.500. The topological polar surface area (TPSA) is 46.5 Å². The SMILES string of the molecule is CC#C[C@@H](CC(=O)O)c1ccc(OC[C@H](C)C(C)C)cc1. The third-order valence-corrected chi connectivity index (χ3v) is 3.63. The van der Waals surface area contributed by atoms with Crippen molar-refractivity contribution >= 4 is 5.97 Å². The average Bonchev–Trinajstić information content (AvgIpc) is 2.44. The van der Waals surface area contributed by atoms with Crippen molar-refractivity contribution in [3.05, 3.63) is 29.8 Å². The van der Waals surface area contributed by atoms with Crippen molar-refractivity contribution in [2.75, 3.05) is 6.61 Å². The van der Waals surface area contributed by atoms with Crippen molar-refractivity contribution < 1.29 is 14.6 Å². The van der Waals surface area contributed by atoms with E-state index in [1.165, 1.54) is 0 Å². The van der Waals surface area contributed by atoms with Gasteiger partial charge >= 0.3 is 5.97 Å². The minimum Gasteiger partial charge on any atom is -0.493 e. The van der Waals surface area contributed by atoms with Gasteiger partial charge in [0.2, 0.25) is 0 Å². The number of hydrogen-bond donors (Lipinski definition) is 1. The van der Waals surface area contributed by atoms with Crippen molar-refractivity contribution in [3.8, 4) is 17.6 Å². The van der Waals surface area contributed by atoms with E-state index in [0.717, 1.165) is 11.3 Å².